The number of halogens is 1. The van der Waals surface area contributed by atoms with Gasteiger partial charge in [0.25, 0.3) is 5.91 Å². The number of nitrogens with two attached hydrogens (primary N) is 1. The Morgan fingerprint density at radius 2 is 1.60 bits per heavy atom. The Bertz CT molecular complexity index is 712. The zero-order valence-corrected chi connectivity index (χ0v) is 15.0. The molecule has 5 heteroatoms. The van der Waals surface area contributed by atoms with E-state index in [-0.39, 0.29) is 23.4 Å². The van der Waals surface area contributed by atoms with Crippen LogP contribution < -0.4 is 10.2 Å². The van der Waals surface area contributed by atoms with Crippen LogP contribution in [0.3, 0.4) is 0 Å². The summed E-state index contributed by atoms with van der Waals surface area (Å²) in [4.78, 5) is 26.9. The lowest BCUT2D eigenvalue weighted by molar-refractivity contribution is -0.755. The standard InChI is InChI=1S/C20H23ClN2O2/c21-15-3-1-2-4-17(15)23-18(24)8-16(19(23)25)22-20-9-12-5-13(10-20)7-14(6-12)11-20/h1-4,12-14,16,22H,5-11H2/p+1/t12?,13?,14?,16-,20?/m1/s1. The number of anilines is 1. The number of carbonyl (C=O) groups is 2. The zero-order valence-electron chi connectivity index (χ0n) is 14.3. The minimum Gasteiger partial charge on any atom is -0.331 e. The van der Waals surface area contributed by atoms with Crippen LogP contribution in [0.15, 0.2) is 24.3 Å². The van der Waals surface area contributed by atoms with Crippen LogP contribution in [0.5, 0.6) is 0 Å². The Kier molecular flexibility index (Phi) is 3.52. The third-order valence-corrected chi connectivity index (χ3v) is 7.23. The average Bonchev–Trinajstić information content (AvgIpc) is 2.80. The lowest BCUT2D eigenvalue weighted by Gasteiger charge is -2.55. The van der Waals surface area contributed by atoms with Crippen molar-refractivity contribution in [1.82, 2.24) is 0 Å². The number of nitrogens with zero attached hydrogens (tertiary/aromatic N) is 1. The highest BCUT2D eigenvalue weighted by molar-refractivity contribution is 6.36. The van der Waals surface area contributed by atoms with Crippen molar-refractivity contribution < 1.29 is 14.9 Å². The molecule has 0 aromatic heterocycles. The number of benzene rings is 1. The first-order valence-corrected chi connectivity index (χ1v) is 9.88. The number of carbonyl (C=O) groups excluding carboxylic acids is 2. The number of imide groups is 1. The molecule has 1 aromatic rings. The highest BCUT2D eigenvalue weighted by Crippen LogP contribution is 2.54. The van der Waals surface area contributed by atoms with Gasteiger partial charge in [-0.25, -0.2) is 4.90 Å². The molecule has 1 aromatic carbocycles. The molecule has 1 atom stereocenters. The minimum absolute atomic E-state index is 0.0890. The normalized spacial score (nSPS) is 39.5. The van der Waals surface area contributed by atoms with Gasteiger partial charge in [-0.15, -0.1) is 0 Å². The van der Waals surface area contributed by atoms with E-state index in [0.29, 0.717) is 17.1 Å². The summed E-state index contributed by atoms with van der Waals surface area (Å²) < 4.78 is 0. The van der Waals surface area contributed by atoms with E-state index < -0.39 is 0 Å². The molecule has 132 valence electrons. The number of rotatable bonds is 3. The molecular formula is C20H24ClN2O2+. The van der Waals surface area contributed by atoms with Crippen LogP contribution in [0.25, 0.3) is 0 Å². The Balaban J connectivity index is 1.38. The molecule has 0 spiro atoms. The minimum atomic E-state index is -0.278. The van der Waals surface area contributed by atoms with Gasteiger partial charge >= 0.3 is 0 Å². The van der Waals surface area contributed by atoms with Gasteiger partial charge in [-0.3, -0.25) is 9.59 Å². The third-order valence-electron chi connectivity index (χ3n) is 6.92. The van der Waals surface area contributed by atoms with Gasteiger partial charge in [0.05, 0.1) is 22.7 Å². The fraction of sp³-hybridized carbons (Fsp3) is 0.600. The summed E-state index contributed by atoms with van der Waals surface area (Å²) in [5.74, 6) is 2.32. The average molecular weight is 360 g/mol. The van der Waals surface area contributed by atoms with E-state index in [1.165, 1.54) is 43.4 Å². The maximum absolute atomic E-state index is 13.0. The van der Waals surface area contributed by atoms with Gasteiger partial charge in [-0.1, -0.05) is 23.7 Å². The summed E-state index contributed by atoms with van der Waals surface area (Å²) >= 11 is 6.23. The SMILES string of the molecule is O=C1C[C@@H]([NH2+]C23CC4CC(CC(C4)C2)C3)C(=O)N1c1ccccc1Cl. The fourth-order valence-electron chi connectivity index (χ4n) is 6.48. The molecule has 1 aliphatic heterocycles. The first-order chi connectivity index (χ1) is 12.0. The summed E-state index contributed by atoms with van der Waals surface area (Å²) in [6.07, 6.45) is 8.13. The molecule has 4 bridgehead atoms. The second-order valence-corrected chi connectivity index (χ2v) is 9.18. The summed E-state index contributed by atoms with van der Waals surface area (Å²) in [6, 6.07) is 6.84. The van der Waals surface area contributed by atoms with Gasteiger partial charge in [-0.05, 0) is 49.1 Å². The van der Waals surface area contributed by atoms with Gasteiger partial charge in [0, 0.05) is 19.3 Å². The predicted octanol–water partition coefficient (Wildman–Crippen LogP) is 2.50. The second-order valence-electron chi connectivity index (χ2n) is 8.78. The summed E-state index contributed by atoms with van der Waals surface area (Å²) in [7, 11) is 0. The van der Waals surface area contributed by atoms with E-state index >= 15 is 0 Å². The van der Waals surface area contributed by atoms with Crippen LogP contribution in [0.4, 0.5) is 5.69 Å². The lowest BCUT2D eigenvalue weighted by Crippen LogP contribution is -3.03. The van der Waals surface area contributed by atoms with Crippen molar-refractivity contribution in [2.45, 2.75) is 56.5 Å². The van der Waals surface area contributed by atoms with Crippen molar-refractivity contribution in [2.24, 2.45) is 17.8 Å². The third kappa shape index (κ3) is 2.53. The summed E-state index contributed by atoms with van der Waals surface area (Å²) in [5, 5.41) is 2.74. The van der Waals surface area contributed by atoms with Crippen LogP contribution >= 0.6 is 11.6 Å². The molecule has 0 unspecified atom stereocenters. The fourth-order valence-corrected chi connectivity index (χ4v) is 6.70. The molecule has 4 nitrogen and oxygen atoms in total. The van der Waals surface area contributed by atoms with Gasteiger partial charge in [0.1, 0.15) is 0 Å². The highest BCUT2D eigenvalue weighted by atomic mass is 35.5. The molecule has 25 heavy (non-hydrogen) atoms. The molecule has 1 saturated heterocycles. The predicted molar refractivity (Wildman–Crippen MR) is 95.2 cm³/mol. The van der Waals surface area contributed by atoms with E-state index in [4.69, 9.17) is 11.6 Å². The van der Waals surface area contributed by atoms with E-state index in [9.17, 15) is 9.59 Å². The molecule has 0 radical (unpaired) electrons. The van der Waals surface area contributed by atoms with Crippen LogP contribution in [0, 0.1) is 17.8 Å². The molecule has 4 saturated carbocycles. The maximum atomic E-state index is 13.0. The van der Waals surface area contributed by atoms with Crippen molar-refractivity contribution in [2.75, 3.05) is 4.90 Å². The number of para-hydroxylation sites is 1. The van der Waals surface area contributed by atoms with Crippen LogP contribution in [-0.2, 0) is 9.59 Å². The Morgan fingerprint density at radius 3 is 2.20 bits per heavy atom. The number of hydrogen-bond acceptors (Lipinski definition) is 2. The van der Waals surface area contributed by atoms with Crippen LogP contribution in [-0.4, -0.2) is 23.4 Å². The van der Waals surface area contributed by atoms with Gasteiger partial charge in [0.2, 0.25) is 5.91 Å². The summed E-state index contributed by atoms with van der Waals surface area (Å²) in [5.41, 5.74) is 0.729. The van der Waals surface area contributed by atoms with Crippen molar-refractivity contribution in [3.63, 3.8) is 0 Å². The van der Waals surface area contributed by atoms with Crippen molar-refractivity contribution in [1.29, 1.82) is 0 Å². The van der Waals surface area contributed by atoms with Gasteiger partial charge in [0.15, 0.2) is 6.04 Å². The largest absolute Gasteiger partial charge is 0.331 e. The number of quaternary nitrogens is 1. The monoisotopic (exact) mass is 359 g/mol. The van der Waals surface area contributed by atoms with Crippen molar-refractivity contribution in [3.8, 4) is 0 Å². The summed E-state index contributed by atoms with van der Waals surface area (Å²) in [6.45, 7) is 0. The van der Waals surface area contributed by atoms with E-state index in [1.54, 1.807) is 12.1 Å². The molecule has 1 heterocycles. The molecule has 4 aliphatic carbocycles. The van der Waals surface area contributed by atoms with Gasteiger partial charge < -0.3 is 5.32 Å². The molecule has 2 amide bonds. The quantitative estimate of drug-likeness (QED) is 0.843. The maximum Gasteiger partial charge on any atom is 0.292 e. The first-order valence-electron chi connectivity index (χ1n) is 9.50. The molecule has 5 fully saturated rings. The smallest absolute Gasteiger partial charge is 0.292 e. The number of amides is 2. The first kappa shape index (κ1) is 15.8. The molecular weight excluding hydrogens is 336 g/mol. The van der Waals surface area contributed by atoms with Crippen LogP contribution in [0.1, 0.15) is 44.9 Å². The topological polar surface area (TPSA) is 54.0 Å². The van der Waals surface area contributed by atoms with Crippen molar-refractivity contribution in [3.05, 3.63) is 29.3 Å². The Hall–Kier alpha value is -1.39. The van der Waals surface area contributed by atoms with E-state index in [2.05, 4.69) is 5.32 Å². The zero-order chi connectivity index (χ0) is 17.2. The van der Waals surface area contributed by atoms with E-state index in [0.717, 1.165) is 17.8 Å². The van der Waals surface area contributed by atoms with Crippen molar-refractivity contribution >= 4 is 29.1 Å². The highest BCUT2D eigenvalue weighted by Gasteiger charge is 2.56. The van der Waals surface area contributed by atoms with Crippen LogP contribution in [0.2, 0.25) is 5.02 Å². The molecule has 5 aliphatic rings. The number of hydrogen-bond donors (Lipinski definition) is 1. The molecule has 6 rings (SSSR count). The van der Waals surface area contributed by atoms with Gasteiger partial charge in [-0.2, -0.15) is 0 Å². The second kappa shape index (κ2) is 5.55. The Labute approximate surface area is 152 Å². The molecule has 2 N–H and O–H groups in total. The lowest BCUT2D eigenvalue weighted by atomic mass is 9.53. The van der Waals surface area contributed by atoms with E-state index in [1.807, 2.05) is 12.1 Å². The Morgan fingerprint density at radius 1 is 1.00 bits per heavy atom.